The van der Waals surface area contributed by atoms with Gasteiger partial charge in [0.25, 0.3) is 0 Å². The lowest BCUT2D eigenvalue weighted by atomic mass is 10.1. The van der Waals surface area contributed by atoms with Crippen molar-refractivity contribution in [1.29, 1.82) is 0 Å². The van der Waals surface area contributed by atoms with Crippen molar-refractivity contribution in [2.75, 3.05) is 13.2 Å². The van der Waals surface area contributed by atoms with Crippen LogP contribution in [0.4, 0.5) is 0 Å². The first-order chi connectivity index (χ1) is 30.6. The number of rotatable bonds is 44. The first kappa shape index (κ1) is 58.3. The summed E-state index contributed by atoms with van der Waals surface area (Å²) in [5.41, 5.74) is 0. The topological polar surface area (TPSA) is 72.8 Å². The van der Waals surface area contributed by atoms with Crippen LogP contribution < -0.4 is 0 Å². The molecule has 0 heterocycles. The fourth-order valence-corrected chi connectivity index (χ4v) is 6.48. The molecule has 350 valence electrons. The number of esters is 2. The second-order valence-electron chi connectivity index (χ2n) is 16.2. The molecule has 0 radical (unpaired) electrons. The third-order valence-electron chi connectivity index (χ3n) is 10.2. The molecular weight excluding hydrogens is 765 g/mol. The van der Waals surface area contributed by atoms with Crippen molar-refractivity contribution in [1.82, 2.24) is 0 Å². The van der Waals surface area contributed by atoms with Gasteiger partial charge in [-0.25, -0.2) is 0 Å². The minimum atomic E-state index is -0.790. The van der Waals surface area contributed by atoms with E-state index in [4.69, 9.17) is 9.47 Å². The highest BCUT2D eigenvalue weighted by molar-refractivity contribution is 5.70. The third-order valence-corrected chi connectivity index (χ3v) is 10.2. The molecule has 0 rings (SSSR count). The zero-order valence-corrected chi connectivity index (χ0v) is 39.8. The lowest BCUT2D eigenvalue weighted by Gasteiger charge is -2.15. The van der Waals surface area contributed by atoms with Gasteiger partial charge in [0.15, 0.2) is 6.10 Å². The second kappa shape index (κ2) is 51.6. The first-order valence-corrected chi connectivity index (χ1v) is 25.1. The number of allylic oxidation sites excluding steroid dienone is 20. The van der Waals surface area contributed by atoms with Crippen LogP contribution in [-0.4, -0.2) is 36.4 Å². The first-order valence-electron chi connectivity index (χ1n) is 25.1. The molecule has 1 atom stereocenters. The highest BCUT2D eigenvalue weighted by Gasteiger charge is 2.16. The van der Waals surface area contributed by atoms with Crippen molar-refractivity contribution in [2.45, 2.75) is 213 Å². The molecule has 0 bridgehead atoms. The van der Waals surface area contributed by atoms with Gasteiger partial charge in [-0.15, -0.1) is 0 Å². The van der Waals surface area contributed by atoms with Crippen LogP contribution in [0, 0.1) is 0 Å². The quantitative estimate of drug-likeness (QED) is 0.0375. The van der Waals surface area contributed by atoms with Crippen LogP contribution in [0.1, 0.15) is 206 Å². The van der Waals surface area contributed by atoms with Crippen LogP contribution in [0.2, 0.25) is 0 Å². The van der Waals surface area contributed by atoms with Crippen molar-refractivity contribution < 1.29 is 24.2 Å². The molecule has 0 amide bonds. The molecule has 5 heteroatoms. The van der Waals surface area contributed by atoms with Crippen molar-refractivity contribution >= 4 is 11.9 Å². The molecule has 1 N–H and O–H groups in total. The SMILES string of the molecule is CC/C=C\C/C=C\C/C=C\C/C=C\C/C=C\C/C=C\C/C=C\C/C=C\CCCCCCCCCCC(=O)OC(CO)COC(=O)CCCCCCC/C=C\C/C=C\CCCCC. The molecule has 0 aromatic rings. The Kier molecular flexibility index (Phi) is 48.6. The Morgan fingerprint density at radius 2 is 0.694 bits per heavy atom. The number of hydrogen-bond donors (Lipinski definition) is 1. The summed E-state index contributed by atoms with van der Waals surface area (Å²) < 4.78 is 10.6. The number of carbonyl (C=O) groups excluding carboxylic acids is 2. The van der Waals surface area contributed by atoms with Gasteiger partial charge in [0, 0.05) is 12.8 Å². The van der Waals surface area contributed by atoms with E-state index in [1.54, 1.807) is 0 Å². The lowest BCUT2D eigenvalue weighted by Crippen LogP contribution is -2.28. The van der Waals surface area contributed by atoms with E-state index in [-0.39, 0.29) is 25.2 Å². The molecule has 0 saturated heterocycles. The van der Waals surface area contributed by atoms with Crippen LogP contribution in [-0.2, 0) is 19.1 Å². The Hall–Kier alpha value is -3.70. The highest BCUT2D eigenvalue weighted by Crippen LogP contribution is 2.13. The van der Waals surface area contributed by atoms with Crippen molar-refractivity contribution in [3.05, 3.63) is 122 Å². The number of carbonyl (C=O) groups is 2. The van der Waals surface area contributed by atoms with E-state index in [1.165, 1.54) is 70.6 Å². The van der Waals surface area contributed by atoms with Gasteiger partial charge in [0.2, 0.25) is 0 Å². The van der Waals surface area contributed by atoms with Crippen LogP contribution >= 0.6 is 0 Å². The van der Waals surface area contributed by atoms with Gasteiger partial charge in [-0.3, -0.25) is 9.59 Å². The number of aliphatic hydroxyl groups excluding tert-OH is 1. The van der Waals surface area contributed by atoms with E-state index in [2.05, 4.69) is 135 Å². The largest absolute Gasteiger partial charge is 0.462 e. The summed E-state index contributed by atoms with van der Waals surface area (Å²) in [7, 11) is 0. The summed E-state index contributed by atoms with van der Waals surface area (Å²) >= 11 is 0. The number of ether oxygens (including phenoxy) is 2. The Labute approximate surface area is 382 Å². The Morgan fingerprint density at radius 1 is 0.387 bits per heavy atom. The van der Waals surface area contributed by atoms with Crippen molar-refractivity contribution in [2.24, 2.45) is 0 Å². The van der Waals surface area contributed by atoms with E-state index in [1.807, 2.05) is 0 Å². The molecule has 5 nitrogen and oxygen atoms in total. The third kappa shape index (κ3) is 49.0. The Morgan fingerprint density at radius 3 is 1.05 bits per heavy atom. The van der Waals surface area contributed by atoms with E-state index < -0.39 is 6.10 Å². The molecule has 1 unspecified atom stereocenters. The number of unbranched alkanes of at least 4 members (excludes halogenated alkanes) is 16. The van der Waals surface area contributed by atoms with Crippen molar-refractivity contribution in [3.8, 4) is 0 Å². The Balaban J connectivity index is 3.62. The van der Waals surface area contributed by atoms with Crippen LogP contribution in [0.25, 0.3) is 0 Å². The smallest absolute Gasteiger partial charge is 0.306 e. The van der Waals surface area contributed by atoms with Gasteiger partial charge in [0.1, 0.15) is 6.61 Å². The zero-order valence-electron chi connectivity index (χ0n) is 39.8. The lowest BCUT2D eigenvalue weighted by molar-refractivity contribution is -0.161. The maximum Gasteiger partial charge on any atom is 0.306 e. The van der Waals surface area contributed by atoms with Gasteiger partial charge in [-0.05, 0) is 109 Å². The molecule has 0 aromatic heterocycles. The summed E-state index contributed by atoms with van der Waals surface area (Å²) in [5.74, 6) is -0.625. The summed E-state index contributed by atoms with van der Waals surface area (Å²) in [6, 6.07) is 0. The van der Waals surface area contributed by atoms with Gasteiger partial charge in [0.05, 0.1) is 6.61 Å². The molecule has 0 aliphatic carbocycles. The standard InChI is InChI=1S/C57H92O5/c1-3-5-7-9-11-13-15-17-19-20-21-22-23-24-25-26-27-28-29-30-31-32-33-34-35-36-38-40-42-44-46-48-50-52-57(60)62-55(53-58)54-61-56(59)51-49-47-45-43-41-39-37-18-16-14-12-10-8-6-4-2/h5,7,11-14,17-19,21-22,24-25,27-28,30-31,33-34,37,55,58H,3-4,6,8-10,15-16,20,23,26,29,32,35-36,38-54H2,1-2H3/b7-5-,13-11-,14-12-,19-17-,22-21-,25-24-,28-27-,31-30-,34-33-,37-18-. The normalized spacial score (nSPS) is 13.3. The van der Waals surface area contributed by atoms with Crippen LogP contribution in [0.3, 0.4) is 0 Å². The summed E-state index contributed by atoms with van der Waals surface area (Å²) in [5, 5.41) is 9.61. The monoisotopic (exact) mass is 857 g/mol. The summed E-state index contributed by atoms with van der Waals surface area (Å²) in [6.07, 6.45) is 75.7. The highest BCUT2D eigenvalue weighted by atomic mass is 16.6. The van der Waals surface area contributed by atoms with Gasteiger partial charge < -0.3 is 14.6 Å². The van der Waals surface area contributed by atoms with E-state index >= 15 is 0 Å². The molecule has 62 heavy (non-hydrogen) atoms. The number of aliphatic hydroxyl groups is 1. The molecule has 0 fully saturated rings. The van der Waals surface area contributed by atoms with Gasteiger partial charge in [-0.1, -0.05) is 206 Å². The molecule has 0 aromatic carbocycles. The fourth-order valence-electron chi connectivity index (χ4n) is 6.48. The van der Waals surface area contributed by atoms with Gasteiger partial charge in [-0.2, -0.15) is 0 Å². The maximum absolute atomic E-state index is 12.3. The zero-order chi connectivity index (χ0) is 44.9. The van der Waals surface area contributed by atoms with E-state index in [0.717, 1.165) is 109 Å². The fraction of sp³-hybridized carbons (Fsp3) is 0.614. The molecule has 0 aliphatic heterocycles. The minimum absolute atomic E-state index is 0.0834. The van der Waals surface area contributed by atoms with Crippen LogP contribution in [0.15, 0.2) is 122 Å². The summed E-state index contributed by atoms with van der Waals surface area (Å²) in [6.45, 7) is 3.97. The maximum atomic E-state index is 12.3. The summed E-state index contributed by atoms with van der Waals surface area (Å²) in [4.78, 5) is 24.4. The van der Waals surface area contributed by atoms with Gasteiger partial charge >= 0.3 is 11.9 Å². The average molecular weight is 857 g/mol. The van der Waals surface area contributed by atoms with Crippen LogP contribution in [0.5, 0.6) is 0 Å². The molecule has 0 aliphatic rings. The predicted molar refractivity (Wildman–Crippen MR) is 269 cm³/mol. The number of hydrogen-bond acceptors (Lipinski definition) is 5. The van der Waals surface area contributed by atoms with Crippen molar-refractivity contribution in [3.63, 3.8) is 0 Å². The molecular formula is C57H92O5. The van der Waals surface area contributed by atoms with E-state index in [9.17, 15) is 14.7 Å². The molecule has 0 spiro atoms. The predicted octanol–water partition coefficient (Wildman–Crippen LogP) is 16.7. The van der Waals surface area contributed by atoms with E-state index in [0.29, 0.717) is 12.8 Å². The second-order valence-corrected chi connectivity index (χ2v) is 16.2. The average Bonchev–Trinajstić information content (AvgIpc) is 3.28. The minimum Gasteiger partial charge on any atom is -0.462 e. The Bertz CT molecular complexity index is 1290. The molecule has 0 saturated carbocycles.